The summed E-state index contributed by atoms with van der Waals surface area (Å²) in [4.78, 5) is 0. The summed E-state index contributed by atoms with van der Waals surface area (Å²) in [5.74, 6) is 0.926. The average molecular weight is 246 g/mol. The first kappa shape index (κ1) is 13.2. The molecular weight excluding hydrogens is 224 g/mol. The van der Waals surface area contributed by atoms with Gasteiger partial charge in [-0.3, -0.25) is 0 Å². The smallest absolute Gasteiger partial charge is 0.119 e. The van der Waals surface area contributed by atoms with Crippen LogP contribution in [0.3, 0.4) is 0 Å². The normalized spacial score (nSPS) is 20.1. The SMILES string of the molecule is CCCOc1ccc(C2=CC(O)CCCC2)cc1. The predicted octanol–water partition coefficient (Wildman–Crippen LogP) is 3.79. The number of aliphatic hydroxyl groups is 1. The number of benzene rings is 1. The summed E-state index contributed by atoms with van der Waals surface area (Å²) in [6, 6.07) is 8.22. The van der Waals surface area contributed by atoms with Crippen LogP contribution in [0.15, 0.2) is 30.3 Å². The highest BCUT2D eigenvalue weighted by molar-refractivity contribution is 5.66. The number of rotatable bonds is 4. The molecule has 0 spiro atoms. The molecule has 2 nitrogen and oxygen atoms in total. The summed E-state index contributed by atoms with van der Waals surface area (Å²) >= 11 is 0. The Balaban J connectivity index is 2.08. The molecule has 0 saturated heterocycles. The van der Waals surface area contributed by atoms with E-state index in [1.807, 2.05) is 18.2 Å². The predicted molar refractivity (Wildman–Crippen MR) is 74.7 cm³/mol. The minimum absolute atomic E-state index is 0.279. The molecule has 0 amide bonds. The van der Waals surface area contributed by atoms with Crippen molar-refractivity contribution in [3.8, 4) is 5.75 Å². The third-order valence-electron chi connectivity index (χ3n) is 3.29. The molecule has 1 atom stereocenters. The summed E-state index contributed by atoms with van der Waals surface area (Å²) in [6.45, 7) is 2.87. The molecule has 1 aliphatic carbocycles. The Bertz CT molecular complexity index is 392. The first-order valence-electron chi connectivity index (χ1n) is 6.91. The van der Waals surface area contributed by atoms with Crippen LogP contribution in [0.5, 0.6) is 5.75 Å². The van der Waals surface area contributed by atoms with Gasteiger partial charge in [0.05, 0.1) is 12.7 Å². The van der Waals surface area contributed by atoms with E-state index in [0.717, 1.165) is 44.5 Å². The third-order valence-corrected chi connectivity index (χ3v) is 3.29. The Morgan fingerprint density at radius 2 is 2.00 bits per heavy atom. The van der Waals surface area contributed by atoms with Gasteiger partial charge in [-0.1, -0.05) is 31.6 Å². The maximum Gasteiger partial charge on any atom is 0.119 e. The Morgan fingerprint density at radius 1 is 1.22 bits per heavy atom. The summed E-state index contributed by atoms with van der Waals surface area (Å²) in [5, 5.41) is 9.79. The Hall–Kier alpha value is -1.28. The lowest BCUT2D eigenvalue weighted by atomic mass is 10.0. The highest BCUT2D eigenvalue weighted by atomic mass is 16.5. The molecule has 1 aromatic rings. The van der Waals surface area contributed by atoms with E-state index in [0.29, 0.717) is 0 Å². The Kier molecular flexibility index (Phi) is 4.82. The largest absolute Gasteiger partial charge is 0.494 e. The number of hydrogen-bond donors (Lipinski definition) is 1. The molecule has 98 valence electrons. The highest BCUT2D eigenvalue weighted by Crippen LogP contribution is 2.27. The molecule has 0 aliphatic heterocycles. The van der Waals surface area contributed by atoms with E-state index in [4.69, 9.17) is 4.74 Å². The molecule has 0 saturated carbocycles. The van der Waals surface area contributed by atoms with Gasteiger partial charge in [-0.25, -0.2) is 0 Å². The van der Waals surface area contributed by atoms with Crippen LogP contribution in [0.1, 0.15) is 44.6 Å². The van der Waals surface area contributed by atoms with E-state index >= 15 is 0 Å². The standard InChI is InChI=1S/C16H22O2/c1-2-11-18-16-9-7-13(8-10-16)14-5-3-4-6-15(17)12-14/h7-10,12,15,17H,2-6,11H2,1H3. The van der Waals surface area contributed by atoms with Crippen LogP contribution in [0, 0.1) is 0 Å². The van der Waals surface area contributed by atoms with Crippen molar-refractivity contribution in [2.24, 2.45) is 0 Å². The average Bonchev–Trinajstić information content (AvgIpc) is 2.62. The zero-order chi connectivity index (χ0) is 12.8. The zero-order valence-electron chi connectivity index (χ0n) is 11.1. The van der Waals surface area contributed by atoms with E-state index < -0.39 is 0 Å². The molecule has 1 unspecified atom stereocenters. The van der Waals surface area contributed by atoms with Gasteiger partial charge in [0.2, 0.25) is 0 Å². The lowest BCUT2D eigenvalue weighted by molar-refractivity contribution is 0.211. The minimum atomic E-state index is -0.279. The van der Waals surface area contributed by atoms with E-state index in [-0.39, 0.29) is 6.10 Å². The number of ether oxygens (including phenoxy) is 1. The van der Waals surface area contributed by atoms with Crippen molar-refractivity contribution in [3.05, 3.63) is 35.9 Å². The van der Waals surface area contributed by atoms with Gasteiger partial charge >= 0.3 is 0 Å². The van der Waals surface area contributed by atoms with Gasteiger partial charge in [0.25, 0.3) is 0 Å². The van der Waals surface area contributed by atoms with E-state index in [2.05, 4.69) is 19.1 Å². The molecule has 18 heavy (non-hydrogen) atoms. The maximum atomic E-state index is 9.79. The molecular formula is C16H22O2. The fourth-order valence-electron chi connectivity index (χ4n) is 2.29. The second-order valence-electron chi connectivity index (χ2n) is 4.88. The Morgan fingerprint density at radius 3 is 2.72 bits per heavy atom. The summed E-state index contributed by atoms with van der Waals surface area (Å²) in [6.07, 6.45) is 6.98. The molecule has 0 radical (unpaired) electrons. The van der Waals surface area contributed by atoms with Crippen molar-refractivity contribution < 1.29 is 9.84 Å². The van der Waals surface area contributed by atoms with Crippen LogP contribution in [0.4, 0.5) is 0 Å². The lowest BCUT2D eigenvalue weighted by Crippen LogP contribution is -2.00. The monoisotopic (exact) mass is 246 g/mol. The van der Waals surface area contributed by atoms with Gasteiger partial charge in [-0.15, -0.1) is 0 Å². The topological polar surface area (TPSA) is 29.5 Å². The van der Waals surface area contributed by atoms with Gasteiger partial charge in [0.15, 0.2) is 0 Å². The van der Waals surface area contributed by atoms with Crippen molar-refractivity contribution >= 4 is 5.57 Å². The second-order valence-corrected chi connectivity index (χ2v) is 4.88. The first-order chi connectivity index (χ1) is 8.79. The van der Waals surface area contributed by atoms with Crippen molar-refractivity contribution in [2.75, 3.05) is 6.61 Å². The van der Waals surface area contributed by atoms with Crippen LogP contribution >= 0.6 is 0 Å². The fourth-order valence-corrected chi connectivity index (χ4v) is 2.29. The van der Waals surface area contributed by atoms with Crippen molar-refractivity contribution in [3.63, 3.8) is 0 Å². The first-order valence-corrected chi connectivity index (χ1v) is 6.91. The molecule has 1 aliphatic rings. The molecule has 1 aromatic carbocycles. The van der Waals surface area contributed by atoms with Crippen LogP contribution < -0.4 is 4.74 Å². The van der Waals surface area contributed by atoms with Crippen molar-refractivity contribution in [1.82, 2.24) is 0 Å². The maximum absolute atomic E-state index is 9.79. The molecule has 0 aromatic heterocycles. The number of aliphatic hydroxyl groups excluding tert-OH is 1. The van der Waals surface area contributed by atoms with Gasteiger partial charge in [0.1, 0.15) is 5.75 Å². The van der Waals surface area contributed by atoms with Gasteiger partial charge in [-0.2, -0.15) is 0 Å². The van der Waals surface area contributed by atoms with Gasteiger partial charge < -0.3 is 9.84 Å². The van der Waals surface area contributed by atoms with Crippen LogP contribution in [0.2, 0.25) is 0 Å². The Labute approximate surface area is 109 Å². The van der Waals surface area contributed by atoms with Crippen LogP contribution in [0.25, 0.3) is 5.57 Å². The van der Waals surface area contributed by atoms with E-state index in [9.17, 15) is 5.11 Å². The summed E-state index contributed by atoms with van der Waals surface area (Å²) < 4.78 is 5.57. The third kappa shape index (κ3) is 3.61. The summed E-state index contributed by atoms with van der Waals surface area (Å²) in [7, 11) is 0. The van der Waals surface area contributed by atoms with E-state index in [1.54, 1.807) is 0 Å². The molecule has 2 heteroatoms. The quantitative estimate of drug-likeness (QED) is 0.875. The number of hydrogen-bond acceptors (Lipinski definition) is 2. The van der Waals surface area contributed by atoms with Gasteiger partial charge in [0, 0.05) is 0 Å². The fraction of sp³-hybridized carbons (Fsp3) is 0.500. The van der Waals surface area contributed by atoms with Crippen molar-refractivity contribution in [2.45, 2.75) is 45.1 Å². The molecule has 0 fully saturated rings. The molecule has 0 bridgehead atoms. The zero-order valence-corrected chi connectivity index (χ0v) is 11.1. The highest BCUT2D eigenvalue weighted by Gasteiger charge is 2.10. The van der Waals surface area contributed by atoms with Crippen molar-refractivity contribution in [1.29, 1.82) is 0 Å². The minimum Gasteiger partial charge on any atom is -0.494 e. The molecule has 1 N–H and O–H groups in total. The lowest BCUT2D eigenvalue weighted by Gasteiger charge is -2.09. The molecule has 0 heterocycles. The van der Waals surface area contributed by atoms with Crippen LogP contribution in [-0.4, -0.2) is 17.8 Å². The van der Waals surface area contributed by atoms with E-state index in [1.165, 1.54) is 11.1 Å². The number of allylic oxidation sites excluding steroid dienone is 1. The second kappa shape index (κ2) is 6.60. The van der Waals surface area contributed by atoms with Crippen LogP contribution in [-0.2, 0) is 0 Å². The molecule has 2 rings (SSSR count). The summed E-state index contributed by atoms with van der Waals surface area (Å²) in [5.41, 5.74) is 2.47. The van der Waals surface area contributed by atoms with Gasteiger partial charge in [-0.05, 0) is 49.0 Å².